The van der Waals surface area contributed by atoms with E-state index in [-0.39, 0.29) is 11.5 Å². The van der Waals surface area contributed by atoms with Crippen molar-refractivity contribution in [2.24, 2.45) is 5.92 Å². The van der Waals surface area contributed by atoms with Gasteiger partial charge in [0.15, 0.2) is 0 Å². The first-order valence-electron chi connectivity index (χ1n) is 12.0. The number of thiophene rings is 1. The summed E-state index contributed by atoms with van der Waals surface area (Å²) in [4.78, 5) is 13.0. The Morgan fingerprint density at radius 3 is 2.55 bits per heavy atom. The molecule has 0 saturated heterocycles. The lowest BCUT2D eigenvalue weighted by molar-refractivity contribution is -0.138. The summed E-state index contributed by atoms with van der Waals surface area (Å²) < 4.78 is 5.12. The fourth-order valence-corrected chi connectivity index (χ4v) is 6.07. The smallest absolute Gasteiger partial charge is 0.333 e. The number of β-amino-alcohol motifs (C(OH)–C–C–N with tert-alkyl or cyclic N) is 1. The van der Waals surface area contributed by atoms with Gasteiger partial charge in [-0.3, -0.25) is 0 Å². The predicted octanol–water partition coefficient (Wildman–Crippen LogP) is 5.62. The van der Waals surface area contributed by atoms with Gasteiger partial charge in [-0.25, -0.2) is 4.79 Å². The zero-order chi connectivity index (χ0) is 23.4. The third-order valence-electron chi connectivity index (χ3n) is 6.74. The van der Waals surface area contributed by atoms with Gasteiger partial charge in [0.1, 0.15) is 6.10 Å². The second-order valence-electron chi connectivity index (χ2n) is 9.83. The Balaban J connectivity index is 1.35. The minimum absolute atomic E-state index is 0.0491. The molecule has 1 aromatic carbocycles. The normalized spacial score (nSPS) is 17.3. The van der Waals surface area contributed by atoms with Gasteiger partial charge in [0, 0.05) is 22.5 Å². The van der Waals surface area contributed by atoms with Crippen molar-refractivity contribution < 1.29 is 14.6 Å². The Hall–Kier alpha value is -2.21. The number of carbonyl (C=O) groups excluding carboxylic acids is 1. The van der Waals surface area contributed by atoms with Crippen molar-refractivity contribution >= 4 is 22.9 Å². The highest BCUT2D eigenvalue weighted by molar-refractivity contribution is 7.10. The van der Waals surface area contributed by atoms with Crippen molar-refractivity contribution in [3.05, 3.63) is 75.0 Å². The Morgan fingerprint density at radius 2 is 1.91 bits per heavy atom. The molecular formula is C28H35NO3S. The molecule has 1 atom stereocenters. The van der Waals surface area contributed by atoms with Gasteiger partial charge in [-0.05, 0) is 92.5 Å². The lowest BCUT2D eigenvalue weighted by atomic mass is 9.88. The van der Waals surface area contributed by atoms with E-state index in [1.165, 1.54) is 16.7 Å². The molecule has 2 aliphatic carbocycles. The number of aliphatic hydroxyl groups excluding tert-OH is 1. The second kappa shape index (κ2) is 10.4. The van der Waals surface area contributed by atoms with E-state index in [1.807, 2.05) is 24.5 Å². The Kier molecular flexibility index (Phi) is 7.52. The van der Waals surface area contributed by atoms with Crippen LogP contribution in [-0.4, -0.2) is 29.8 Å². The minimum Gasteiger partial charge on any atom is -0.463 e. The van der Waals surface area contributed by atoms with Crippen molar-refractivity contribution in [3.8, 4) is 0 Å². The van der Waals surface area contributed by atoms with Crippen molar-refractivity contribution in [2.75, 3.05) is 13.2 Å². The zero-order valence-corrected chi connectivity index (χ0v) is 20.7. The first-order chi connectivity index (χ1) is 15.9. The predicted molar refractivity (Wildman–Crippen MR) is 135 cm³/mol. The van der Waals surface area contributed by atoms with Crippen LogP contribution in [0.15, 0.2) is 53.4 Å². The largest absolute Gasteiger partial charge is 0.463 e. The summed E-state index contributed by atoms with van der Waals surface area (Å²) in [6.07, 6.45) is 8.14. The van der Waals surface area contributed by atoms with Crippen molar-refractivity contribution in [3.63, 3.8) is 0 Å². The molecule has 1 heterocycles. The summed E-state index contributed by atoms with van der Waals surface area (Å²) in [5.41, 5.74) is 5.91. The number of fused-ring (bicyclic) bond motifs is 1. The first-order valence-corrected chi connectivity index (χ1v) is 12.9. The van der Waals surface area contributed by atoms with Crippen LogP contribution in [0.2, 0.25) is 0 Å². The van der Waals surface area contributed by atoms with Crippen LogP contribution in [0.5, 0.6) is 0 Å². The molecule has 0 bridgehead atoms. The van der Waals surface area contributed by atoms with Crippen molar-refractivity contribution in [1.82, 2.24) is 5.32 Å². The highest BCUT2D eigenvalue weighted by Gasteiger charge is 2.29. The van der Waals surface area contributed by atoms with Gasteiger partial charge in [0.25, 0.3) is 0 Å². The Bertz CT molecular complexity index is 1020. The number of aliphatic hydroxyl groups is 1. The maximum Gasteiger partial charge on any atom is 0.333 e. The van der Waals surface area contributed by atoms with Gasteiger partial charge >= 0.3 is 5.97 Å². The monoisotopic (exact) mass is 465 g/mol. The van der Waals surface area contributed by atoms with Crippen LogP contribution in [0.3, 0.4) is 0 Å². The topological polar surface area (TPSA) is 58.6 Å². The van der Waals surface area contributed by atoms with E-state index in [9.17, 15) is 9.90 Å². The molecule has 176 valence electrons. The number of allylic oxidation sites excluding steroid dienone is 3. The van der Waals surface area contributed by atoms with Crippen LogP contribution in [0.4, 0.5) is 0 Å². The number of nitrogens with one attached hydrogen (secondary N) is 1. The number of hydrogen-bond donors (Lipinski definition) is 2. The molecule has 4 rings (SSSR count). The molecule has 1 aromatic heterocycles. The molecule has 2 aliphatic rings. The molecule has 33 heavy (non-hydrogen) atoms. The van der Waals surface area contributed by atoms with E-state index in [4.69, 9.17) is 4.74 Å². The molecule has 0 aliphatic heterocycles. The number of benzene rings is 1. The highest BCUT2D eigenvalue weighted by Crippen LogP contribution is 2.36. The minimum atomic E-state index is -0.559. The summed E-state index contributed by atoms with van der Waals surface area (Å²) in [5, 5.41) is 16.7. The van der Waals surface area contributed by atoms with E-state index in [2.05, 4.69) is 49.5 Å². The molecule has 1 unspecified atom stereocenters. The maximum atomic E-state index is 12.0. The van der Waals surface area contributed by atoms with E-state index < -0.39 is 6.10 Å². The standard InChI is InChI=1S/C28H35NO3S/c1-4-32-27(31)21-11-9-20(10-12-21)24-13-14-33-26(24)25(30)18-29-28(2,3)17-19-15-22-7-5-6-8-23(22)16-19/h5-9,11,13-14,19,25,29-30H,4,10,12,15-18H2,1-3H3. The summed E-state index contributed by atoms with van der Waals surface area (Å²) in [5.74, 6) is 0.419. The van der Waals surface area contributed by atoms with Gasteiger partial charge < -0.3 is 15.2 Å². The first kappa shape index (κ1) is 23.9. The average molecular weight is 466 g/mol. The Labute approximate surface area is 201 Å². The van der Waals surface area contributed by atoms with E-state index in [0.29, 0.717) is 25.5 Å². The quantitative estimate of drug-likeness (QED) is 0.472. The van der Waals surface area contributed by atoms with Gasteiger partial charge in [0.05, 0.1) is 6.61 Å². The summed E-state index contributed by atoms with van der Waals surface area (Å²) >= 11 is 1.60. The molecule has 2 N–H and O–H groups in total. The van der Waals surface area contributed by atoms with Gasteiger partial charge in [-0.15, -0.1) is 11.3 Å². The van der Waals surface area contributed by atoms with E-state index in [0.717, 1.165) is 41.7 Å². The van der Waals surface area contributed by atoms with Gasteiger partial charge in [0.2, 0.25) is 0 Å². The fourth-order valence-electron chi connectivity index (χ4n) is 5.15. The molecule has 0 radical (unpaired) electrons. The number of ether oxygens (including phenoxy) is 1. The number of hydrogen-bond acceptors (Lipinski definition) is 5. The van der Waals surface area contributed by atoms with Crippen LogP contribution in [0.1, 0.15) is 67.7 Å². The third kappa shape index (κ3) is 5.84. The SMILES string of the molecule is CCOC(=O)C1=CC=C(c2ccsc2C(O)CNC(C)(C)CC2Cc3ccccc3C2)CC1. The molecule has 5 heteroatoms. The van der Waals surface area contributed by atoms with Crippen LogP contribution in [0.25, 0.3) is 5.57 Å². The third-order valence-corrected chi connectivity index (χ3v) is 7.76. The van der Waals surface area contributed by atoms with Gasteiger partial charge in [-0.1, -0.05) is 36.4 Å². The number of esters is 1. The second-order valence-corrected chi connectivity index (χ2v) is 10.8. The summed E-state index contributed by atoms with van der Waals surface area (Å²) in [7, 11) is 0. The van der Waals surface area contributed by atoms with Crippen LogP contribution < -0.4 is 5.32 Å². The zero-order valence-electron chi connectivity index (χ0n) is 19.9. The van der Waals surface area contributed by atoms with Crippen molar-refractivity contribution in [1.29, 1.82) is 0 Å². The number of carbonyl (C=O) groups is 1. The molecule has 0 amide bonds. The maximum absolute atomic E-state index is 12.0. The lowest BCUT2D eigenvalue weighted by Crippen LogP contribution is -2.43. The number of rotatable bonds is 9. The molecule has 0 saturated carbocycles. The van der Waals surface area contributed by atoms with Crippen molar-refractivity contribution in [2.45, 2.75) is 64.5 Å². The van der Waals surface area contributed by atoms with Crippen LogP contribution >= 0.6 is 11.3 Å². The molecule has 0 spiro atoms. The molecular weight excluding hydrogens is 430 g/mol. The average Bonchev–Trinajstić information content (AvgIpc) is 3.44. The molecule has 0 fully saturated rings. The van der Waals surface area contributed by atoms with Crippen LogP contribution in [0, 0.1) is 5.92 Å². The lowest BCUT2D eigenvalue weighted by Gasteiger charge is -2.30. The Morgan fingerprint density at radius 1 is 1.18 bits per heavy atom. The summed E-state index contributed by atoms with van der Waals surface area (Å²) in [6, 6.07) is 10.9. The van der Waals surface area contributed by atoms with E-state index in [1.54, 1.807) is 11.3 Å². The fraction of sp³-hybridized carbons (Fsp3) is 0.464. The van der Waals surface area contributed by atoms with Gasteiger partial charge in [-0.2, -0.15) is 0 Å². The van der Waals surface area contributed by atoms with Crippen LogP contribution in [-0.2, 0) is 22.4 Å². The molecule has 4 nitrogen and oxygen atoms in total. The highest BCUT2D eigenvalue weighted by atomic mass is 32.1. The summed E-state index contributed by atoms with van der Waals surface area (Å²) in [6.45, 7) is 7.22. The molecule has 2 aromatic rings. The van der Waals surface area contributed by atoms with E-state index >= 15 is 0 Å².